The third kappa shape index (κ3) is 7.84. The van der Waals surface area contributed by atoms with Crippen LogP contribution in [0.5, 0.6) is 0 Å². The molecule has 1 atom stereocenters. The Morgan fingerprint density at radius 3 is 2.76 bits per heavy atom. The number of aliphatic imine (C=N–C) groups is 1. The van der Waals surface area contributed by atoms with Gasteiger partial charge in [-0.3, -0.25) is 9.89 Å². The fraction of sp³-hybridized carbons (Fsp3) is 0.476. The van der Waals surface area contributed by atoms with Crippen LogP contribution < -0.4 is 10.6 Å². The van der Waals surface area contributed by atoms with Gasteiger partial charge >= 0.3 is 0 Å². The second kappa shape index (κ2) is 13.1. The van der Waals surface area contributed by atoms with Crippen LogP contribution in [0.4, 0.5) is 4.39 Å². The number of benzene rings is 1. The molecule has 1 aliphatic heterocycles. The maximum Gasteiger partial charge on any atom is 0.191 e. The average Bonchev–Trinajstić information content (AvgIpc) is 3.22. The van der Waals surface area contributed by atoms with E-state index in [-0.39, 0.29) is 35.8 Å². The minimum Gasteiger partial charge on any atom is -0.379 e. The topological polar surface area (TPSA) is 48.9 Å². The minimum atomic E-state index is -0.208. The van der Waals surface area contributed by atoms with Gasteiger partial charge in [-0.05, 0) is 42.5 Å². The molecule has 0 radical (unpaired) electrons. The third-order valence-electron chi connectivity index (χ3n) is 4.73. The molecule has 1 saturated heterocycles. The van der Waals surface area contributed by atoms with Crippen molar-refractivity contribution in [3.05, 3.63) is 58.0 Å². The summed E-state index contributed by atoms with van der Waals surface area (Å²) in [6.45, 7) is 7.32. The van der Waals surface area contributed by atoms with Crippen molar-refractivity contribution in [1.82, 2.24) is 15.5 Å². The van der Waals surface area contributed by atoms with Gasteiger partial charge in [0.15, 0.2) is 5.96 Å². The van der Waals surface area contributed by atoms with E-state index in [0.29, 0.717) is 19.8 Å². The van der Waals surface area contributed by atoms with Gasteiger partial charge in [-0.25, -0.2) is 4.39 Å². The molecule has 5 nitrogen and oxygen atoms in total. The maximum absolute atomic E-state index is 13.8. The highest BCUT2D eigenvalue weighted by Gasteiger charge is 2.23. The Morgan fingerprint density at radius 2 is 2.07 bits per heavy atom. The lowest BCUT2D eigenvalue weighted by Crippen LogP contribution is -2.42. The van der Waals surface area contributed by atoms with Crippen LogP contribution in [0, 0.1) is 5.82 Å². The van der Waals surface area contributed by atoms with Crippen molar-refractivity contribution >= 4 is 41.3 Å². The Kier molecular flexibility index (Phi) is 10.9. The van der Waals surface area contributed by atoms with E-state index >= 15 is 0 Å². The Balaban J connectivity index is 0.00000300. The van der Waals surface area contributed by atoms with Gasteiger partial charge in [0.1, 0.15) is 5.82 Å². The molecule has 8 heteroatoms. The lowest BCUT2D eigenvalue weighted by molar-refractivity contribution is 0.0179. The van der Waals surface area contributed by atoms with Crippen molar-refractivity contribution in [2.75, 3.05) is 45.9 Å². The van der Waals surface area contributed by atoms with Gasteiger partial charge in [0.2, 0.25) is 0 Å². The van der Waals surface area contributed by atoms with E-state index in [9.17, 15) is 4.39 Å². The standard InChI is InChI=1S/C21H29FN4OS.HI/c1-2-23-21(24-9-8-19-7-4-14-28-19)25-16-20(26-10-12-27-13-11-26)17-5-3-6-18(22)15-17;/h3-7,14-15,20H,2,8-13,16H2,1H3,(H2,23,24,25);1H. The van der Waals surface area contributed by atoms with Crippen molar-refractivity contribution in [2.24, 2.45) is 4.99 Å². The Labute approximate surface area is 193 Å². The second-order valence-electron chi connectivity index (χ2n) is 6.69. The number of morpholine rings is 1. The summed E-state index contributed by atoms with van der Waals surface area (Å²) in [5, 5.41) is 8.81. The van der Waals surface area contributed by atoms with E-state index in [4.69, 9.17) is 9.73 Å². The molecule has 0 aliphatic carbocycles. The van der Waals surface area contributed by atoms with E-state index in [2.05, 4.69) is 40.0 Å². The van der Waals surface area contributed by atoms with Gasteiger partial charge in [0.05, 0.1) is 25.8 Å². The molecule has 0 bridgehead atoms. The fourth-order valence-electron chi connectivity index (χ4n) is 3.31. The summed E-state index contributed by atoms with van der Waals surface area (Å²) in [5.74, 6) is 0.592. The first-order valence-electron chi connectivity index (χ1n) is 9.88. The van der Waals surface area contributed by atoms with Crippen molar-refractivity contribution in [2.45, 2.75) is 19.4 Å². The number of thiophene rings is 1. The molecule has 0 spiro atoms. The number of ether oxygens (including phenoxy) is 1. The molecule has 0 saturated carbocycles. The molecule has 1 aromatic heterocycles. The van der Waals surface area contributed by atoms with Crippen LogP contribution in [-0.2, 0) is 11.2 Å². The Hall–Kier alpha value is -1.23. The molecule has 160 valence electrons. The summed E-state index contributed by atoms with van der Waals surface area (Å²) in [4.78, 5) is 8.49. The molecule has 3 rings (SSSR count). The van der Waals surface area contributed by atoms with Crippen LogP contribution in [0.3, 0.4) is 0 Å². The zero-order valence-electron chi connectivity index (χ0n) is 16.8. The molecule has 1 fully saturated rings. The van der Waals surface area contributed by atoms with Gasteiger partial charge in [-0.15, -0.1) is 35.3 Å². The van der Waals surface area contributed by atoms with E-state index < -0.39 is 0 Å². The number of halogens is 2. The lowest BCUT2D eigenvalue weighted by Gasteiger charge is -2.34. The fourth-order valence-corrected chi connectivity index (χ4v) is 4.02. The molecule has 1 aliphatic rings. The SMILES string of the molecule is CCNC(=NCC(c1cccc(F)c1)N1CCOCC1)NCCc1cccs1.I. The predicted octanol–water partition coefficient (Wildman–Crippen LogP) is 3.68. The smallest absolute Gasteiger partial charge is 0.191 e. The summed E-state index contributed by atoms with van der Waals surface area (Å²) >= 11 is 1.77. The van der Waals surface area contributed by atoms with Gasteiger partial charge in [0.25, 0.3) is 0 Å². The van der Waals surface area contributed by atoms with Gasteiger partial charge in [0, 0.05) is 31.1 Å². The Bertz CT molecular complexity index is 738. The molecular weight excluding hydrogens is 502 g/mol. The highest BCUT2D eigenvalue weighted by molar-refractivity contribution is 14.0. The molecule has 0 amide bonds. The first-order chi connectivity index (χ1) is 13.8. The first-order valence-corrected chi connectivity index (χ1v) is 10.8. The molecule has 2 aromatic rings. The largest absolute Gasteiger partial charge is 0.379 e. The summed E-state index contributed by atoms with van der Waals surface area (Å²) < 4.78 is 19.3. The van der Waals surface area contributed by atoms with Crippen molar-refractivity contribution in [3.63, 3.8) is 0 Å². The van der Waals surface area contributed by atoms with Crippen LogP contribution in [0.15, 0.2) is 46.8 Å². The highest BCUT2D eigenvalue weighted by atomic mass is 127. The van der Waals surface area contributed by atoms with Crippen LogP contribution in [0.2, 0.25) is 0 Å². The van der Waals surface area contributed by atoms with Gasteiger partial charge in [-0.1, -0.05) is 18.2 Å². The summed E-state index contributed by atoms with van der Waals surface area (Å²) in [7, 11) is 0. The predicted molar refractivity (Wildman–Crippen MR) is 129 cm³/mol. The molecular formula is C21H30FIN4OS. The summed E-state index contributed by atoms with van der Waals surface area (Å²) in [6, 6.07) is 11.1. The molecule has 2 N–H and O–H groups in total. The van der Waals surface area contributed by atoms with Crippen LogP contribution in [-0.4, -0.2) is 56.8 Å². The number of guanidine groups is 1. The third-order valence-corrected chi connectivity index (χ3v) is 5.67. The van der Waals surface area contributed by atoms with Gasteiger partial charge < -0.3 is 15.4 Å². The maximum atomic E-state index is 13.8. The zero-order chi connectivity index (χ0) is 19.6. The number of hydrogen-bond donors (Lipinski definition) is 2. The first kappa shape index (κ1) is 24.0. The van der Waals surface area contributed by atoms with E-state index in [1.807, 2.05) is 6.07 Å². The second-order valence-corrected chi connectivity index (χ2v) is 7.73. The minimum absolute atomic E-state index is 0. The van der Waals surface area contributed by atoms with Crippen molar-refractivity contribution < 1.29 is 9.13 Å². The van der Waals surface area contributed by atoms with Crippen molar-refractivity contribution in [1.29, 1.82) is 0 Å². The van der Waals surface area contributed by atoms with Crippen LogP contribution >= 0.6 is 35.3 Å². The molecule has 29 heavy (non-hydrogen) atoms. The van der Waals surface area contributed by atoms with Gasteiger partial charge in [-0.2, -0.15) is 0 Å². The molecule has 2 heterocycles. The number of nitrogens with one attached hydrogen (secondary N) is 2. The zero-order valence-corrected chi connectivity index (χ0v) is 19.9. The van der Waals surface area contributed by atoms with E-state index in [0.717, 1.165) is 44.1 Å². The highest BCUT2D eigenvalue weighted by Crippen LogP contribution is 2.23. The van der Waals surface area contributed by atoms with E-state index in [1.165, 1.54) is 10.9 Å². The van der Waals surface area contributed by atoms with Crippen molar-refractivity contribution in [3.8, 4) is 0 Å². The monoisotopic (exact) mass is 532 g/mol. The Morgan fingerprint density at radius 1 is 1.24 bits per heavy atom. The van der Waals surface area contributed by atoms with E-state index in [1.54, 1.807) is 23.5 Å². The quantitative estimate of drug-likeness (QED) is 0.310. The summed E-state index contributed by atoms with van der Waals surface area (Å²) in [5.41, 5.74) is 0.958. The normalized spacial score (nSPS) is 16.1. The lowest BCUT2D eigenvalue weighted by atomic mass is 10.0. The molecule has 1 unspecified atom stereocenters. The van der Waals surface area contributed by atoms with Crippen LogP contribution in [0.25, 0.3) is 0 Å². The average molecular weight is 532 g/mol. The van der Waals surface area contributed by atoms with Crippen LogP contribution in [0.1, 0.15) is 23.4 Å². The summed E-state index contributed by atoms with van der Waals surface area (Å²) in [6.07, 6.45) is 0.971. The number of nitrogens with zero attached hydrogens (tertiary/aromatic N) is 2. The number of hydrogen-bond acceptors (Lipinski definition) is 4. The molecule has 1 aromatic carbocycles. The number of rotatable bonds is 8.